The average molecular weight is 282 g/mol. The molecule has 0 aliphatic carbocycles. The third-order valence-electron chi connectivity index (χ3n) is 4.17. The number of carbonyl (C=O) groups excluding carboxylic acids is 1. The van der Waals surface area contributed by atoms with Crippen molar-refractivity contribution >= 4 is 16.8 Å². The Morgan fingerprint density at radius 2 is 2.14 bits per heavy atom. The number of hydrogen-bond donors (Lipinski definition) is 0. The molecule has 2 heterocycles. The van der Waals surface area contributed by atoms with Crippen LogP contribution in [0.3, 0.4) is 0 Å². The van der Waals surface area contributed by atoms with Gasteiger partial charge >= 0.3 is 0 Å². The summed E-state index contributed by atoms with van der Waals surface area (Å²) in [6, 6.07) is 7.36. The van der Waals surface area contributed by atoms with E-state index in [1.54, 1.807) is 17.2 Å². The maximum absolute atomic E-state index is 12.6. The van der Waals surface area contributed by atoms with Gasteiger partial charge in [-0.05, 0) is 24.5 Å². The van der Waals surface area contributed by atoms with E-state index in [2.05, 4.69) is 6.58 Å². The van der Waals surface area contributed by atoms with Crippen molar-refractivity contribution in [2.45, 2.75) is 6.42 Å². The van der Waals surface area contributed by atoms with Crippen LogP contribution in [-0.2, 0) is 7.05 Å². The van der Waals surface area contributed by atoms with Crippen molar-refractivity contribution in [2.75, 3.05) is 13.1 Å². The number of nitrogens with zero attached hydrogens (tertiary/aromatic N) is 2. The largest absolute Gasteiger partial charge is 0.350 e. The normalized spacial score (nSPS) is 18.1. The van der Waals surface area contributed by atoms with Crippen molar-refractivity contribution in [3.8, 4) is 0 Å². The zero-order valence-electron chi connectivity index (χ0n) is 12.1. The average Bonchev–Trinajstić information content (AvgIpc) is 2.99. The van der Waals surface area contributed by atoms with Crippen molar-refractivity contribution in [1.29, 1.82) is 0 Å². The van der Waals surface area contributed by atoms with Gasteiger partial charge in [-0.2, -0.15) is 0 Å². The van der Waals surface area contributed by atoms with E-state index >= 15 is 0 Å². The van der Waals surface area contributed by atoms with Gasteiger partial charge in [-0.1, -0.05) is 18.2 Å². The third kappa shape index (κ3) is 2.27. The van der Waals surface area contributed by atoms with Gasteiger partial charge in [0.2, 0.25) is 5.43 Å². The van der Waals surface area contributed by atoms with E-state index < -0.39 is 0 Å². The molecule has 1 amide bonds. The van der Waals surface area contributed by atoms with E-state index in [4.69, 9.17) is 0 Å². The van der Waals surface area contributed by atoms with Crippen molar-refractivity contribution in [1.82, 2.24) is 9.47 Å². The lowest BCUT2D eigenvalue weighted by atomic mass is 10.1. The molecule has 1 unspecified atom stereocenters. The van der Waals surface area contributed by atoms with Gasteiger partial charge < -0.3 is 9.47 Å². The van der Waals surface area contributed by atoms with Crippen LogP contribution in [0.4, 0.5) is 0 Å². The molecule has 0 bridgehead atoms. The minimum atomic E-state index is -0.184. The van der Waals surface area contributed by atoms with Crippen LogP contribution in [0.1, 0.15) is 16.8 Å². The van der Waals surface area contributed by atoms with Crippen molar-refractivity contribution in [3.05, 3.63) is 58.9 Å². The molecule has 108 valence electrons. The number of para-hydroxylation sites is 1. The summed E-state index contributed by atoms with van der Waals surface area (Å²) >= 11 is 0. The van der Waals surface area contributed by atoms with Crippen LogP contribution in [0.5, 0.6) is 0 Å². The number of carbonyl (C=O) groups is 1. The summed E-state index contributed by atoms with van der Waals surface area (Å²) in [5.74, 6) is 0.156. The van der Waals surface area contributed by atoms with E-state index in [1.165, 1.54) is 0 Å². The number of likely N-dealkylation sites (tertiary alicyclic amines) is 1. The second-order valence-corrected chi connectivity index (χ2v) is 5.54. The quantitative estimate of drug-likeness (QED) is 0.792. The summed E-state index contributed by atoms with van der Waals surface area (Å²) in [6.07, 6.45) is 4.45. The smallest absolute Gasteiger partial charge is 0.259 e. The van der Waals surface area contributed by atoms with E-state index in [-0.39, 0.29) is 16.9 Å². The highest BCUT2D eigenvalue weighted by molar-refractivity contribution is 5.97. The zero-order chi connectivity index (χ0) is 15.0. The lowest BCUT2D eigenvalue weighted by Crippen LogP contribution is -2.33. The highest BCUT2D eigenvalue weighted by Crippen LogP contribution is 2.19. The Kier molecular flexibility index (Phi) is 3.37. The molecule has 0 saturated carbocycles. The number of aryl methyl sites for hydroxylation is 1. The molecular formula is C17H18N2O2. The Balaban J connectivity index is 2.05. The number of rotatable bonds is 2. The third-order valence-corrected chi connectivity index (χ3v) is 4.17. The molecular weight excluding hydrogens is 264 g/mol. The van der Waals surface area contributed by atoms with Crippen molar-refractivity contribution in [2.24, 2.45) is 13.0 Å². The molecule has 1 fully saturated rings. The second-order valence-electron chi connectivity index (χ2n) is 5.54. The molecule has 0 radical (unpaired) electrons. The van der Waals surface area contributed by atoms with Crippen LogP contribution in [-0.4, -0.2) is 28.5 Å². The molecule has 1 atom stereocenters. The Morgan fingerprint density at radius 1 is 1.38 bits per heavy atom. The molecule has 3 rings (SSSR count). The summed E-state index contributed by atoms with van der Waals surface area (Å²) in [6.45, 7) is 5.12. The van der Waals surface area contributed by atoms with Crippen LogP contribution in [0, 0.1) is 5.92 Å². The van der Waals surface area contributed by atoms with E-state index in [1.807, 2.05) is 35.9 Å². The Hall–Kier alpha value is -2.36. The lowest BCUT2D eigenvalue weighted by Gasteiger charge is -2.17. The first-order valence-corrected chi connectivity index (χ1v) is 7.12. The number of fused-ring (bicyclic) bond motifs is 1. The molecule has 4 heteroatoms. The summed E-state index contributed by atoms with van der Waals surface area (Å²) in [4.78, 5) is 26.9. The Morgan fingerprint density at radius 3 is 2.86 bits per heavy atom. The molecule has 1 aromatic heterocycles. The molecule has 0 N–H and O–H groups in total. The molecule has 1 aliphatic heterocycles. The number of benzene rings is 1. The monoisotopic (exact) mass is 282 g/mol. The van der Waals surface area contributed by atoms with Gasteiger partial charge in [0, 0.05) is 31.7 Å². The highest BCUT2D eigenvalue weighted by Gasteiger charge is 2.27. The fourth-order valence-electron chi connectivity index (χ4n) is 2.93. The highest BCUT2D eigenvalue weighted by atomic mass is 16.2. The zero-order valence-corrected chi connectivity index (χ0v) is 12.1. The van der Waals surface area contributed by atoms with Gasteiger partial charge in [-0.3, -0.25) is 9.59 Å². The van der Waals surface area contributed by atoms with Crippen LogP contribution in [0.25, 0.3) is 10.9 Å². The van der Waals surface area contributed by atoms with E-state index in [0.29, 0.717) is 24.4 Å². The molecule has 1 saturated heterocycles. The standard InChI is InChI=1S/C17H18N2O2/c1-3-12-8-9-19(10-12)17(21)14-11-18(2)15-7-5-4-6-13(15)16(14)20/h3-7,11-12H,1,8-10H2,2H3. The maximum atomic E-state index is 12.6. The number of amides is 1. The number of hydrogen-bond acceptors (Lipinski definition) is 2. The Bertz CT molecular complexity index is 776. The van der Waals surface area contributed by atoms with Gasteiger partial charge in [-0.15, -0.1) is 6.58 Å². The summed E-state index contributed by atoms with van der Waals surface area (Å²) in [7, 11) is 1.86. The van der Waals surface area contributed by atoms with Crippen LogP contribution < -0.4 is 5.43 Å². The van der Waals surface area contributed by atoms with Gasteiger partial charge in [-0.25, -0.2) is 0 Å². The predicted octanol–water partition coefficient (Wildman–Crippen LogP) is 2.19. The van der Waals surface area contributed by atoms with Gasteiger partial charge in [0.25, 0.3) is 5.91 Å². The van der Waals surface area contributed by atoms with E-state index in [0.717, 1.165) is 11.9 Å². The minimum Gasteiger partial charge on any atom is -0.350 e. The first-order valence-electron chi connectivity index (χ1n) is 7.12. The second kappa shape index (κ2) is 5.20. The SMILES string of the molecule is C=CC1CCN(C(=O)c2cn(C)c3ccccc3c2=O)C1. The summed E-state index contributed by atoms with van der Waals surface area (Å²) in [5, 5.41) is 0.588. The summed E-state index contributed by atoms with van der Waals surface area (Å²) in [5.41, 5.74) is 0.904. The molecule has 4 nitrogen and oxygen atoms in total. The fourth-order valence-corrected chi connectivity index (χ4v) is 2.93. The number of aromatic nitrogens is 1. The lowest BCUT2D eigenvalue weighted by molar-refractivity contribution is 0.0787. The van der Waals surface area contributed by atoms with Crippen molar-refractivity contribution < 1.29 is 4.79 Å². The molecule has 2 aromatic rings. The van der Waals surface area contributed by atoms with Crippen LogP contribution in [0.15, 0.2) is 47.9 Å². The Labute approximate surface area is 123 Å². The molecule has 1 aromatic carbocycles. The van der Waals surface area contributed by atoms with Crippen LogP contribution >= 0.6 is 0 Å². The topological polar surface area (TPSA) is 42.3 Å². The molecule has 0 spiro atoms. The first-order chi connectivity index (χ1) is 10.1. The fraction of sp³-hybridized carbons (Fsp3) is 0.294. The van der Waals surface area contributed by atoms with Gasteiger partial charge in [0.1, 0.15) is 5.56 Å². The van der Waals surface area contributed by atoms with Crippen LogP contribution in [0.2, 0.25) is 0 Å². The number of pyridine rings is 1. The first kappa shape index (κ1) is 13.6. The maximum Gasteiger partial charge on any atom is 0.259 e. The minimum absolute atomic E-state index is 0.175. The van der Waals surface area contributed by atoms with Gasteiger partial charge in [0.15, 0.2) is 0 Å². The van der Waals surface area contributed by atoms with Crippen molar-refractivity contribution in [3.63, 3.8) is 0 Å². The summed E-state index contributed by atoms with van der Waals surface area (Å²) < 4.78 is 1.84. The van der Waals surface area contributed by atoms with Gasteiger partial charge in [0.05, 0.1) is 5.52 Å². The van der Waals surface area contributed by atoms with E-state index in [9.17, 15) is 9.59 Å². The molecule has 21 heavy (non-hydrogen) atoms. The molecule has 1 aliphatic rings. The predicted molar refractivity (Wildman–Crippen MR) is 83.4 cm³/mol.